The van der Waals surface area contributed by atoms with Crippen LogP contribution in [-0.2, 0) is 6.54 Å². The molecule has 0 aliphatic rings. The Labute approximate surface area is 111 Å². The van der Waals surface area contributed by atoms with Gasteiger partial charge < -0.3 is 5.73 Å². The van der Waals surface area contributed by atoms with Gasteiger partial charge in [-0.2, -0.15) is 5.10 Å². The first-order valence-corrected chi connectivity index (χ1v) is 6.92. The summed E-state index contributed by atoms with van der Waals surface area (Å²) in [5, 5.41) is 4.64. The van der Waals surface area contributed by atoms with E-state index in [0.29, 0.717) is 12.6 Å². The third kappa shape index (κ3) is 3.33. The maximum absolute atomic E-state index is 5.88. The molecule has 0 bridgehead atoms. The predicted molar refractivity (Wildman–Crippen MR) is 76.4 cm³/mol. The normalized spacial score (nSPS) is 16.8. The molecule has 0 fully saturated rings. The average Bonchev–Trinajstić information content (AvgIpc) is 2.85. The third-order valence-electron chi connectivity index (χ3n) is 4.23. The Hall–Kier alpha value is -0.870. The van der Waals surface area contributed by atoms with E-state index < -0.39 is 0 Å². The summed E-state index contributed by atoms with van der Waals surface area (Å²) in [6.07, 6.45) is 4.22. The van der Waals surface area contributed by atoms with Crippen LogP contribution in [0, 0.1) is 0 Å². The van der Waals surface area contributed by atoms with E-state index in [-0.39, 0.29) is 5.54 Å². The average molecular weight is 252 g/mol. The Bertz CT molecular complexity index is 354. The lowest BCUT2D eigenvalue weighted by Crippen LogP contribution is -2.48. The molecule has 0 radical (unpaired) electrons. The van der Waals surface area contributed by atoms with Gasteiger partial charge in [0.25, 0.3) is 0 Å². The number of hydrogen-bond acceptors (Lipinski definition) is 3. The molecule has 0 aromatic carbocycles. The van der Waals surface area contributed by atoms with Crippen molar-refractivity contribution >= 4 is 0 Å². The number of nitrogens with two attached hydrogens (primary N) is 1. The van der Waals surface area contributed by atoms with Crippen LogP contribution in [-0.4, -0.2) is 33.8 Å². The van der Waals surface area contributed by atoms with E-state index in [1.807, 2.05) is 0 Å². The highest BCUT2D eigenvalue weighted by atomic mass is 15.3. The minimum Gasteiger partial charge on any atom is -0.329 e. The van der Waals surface area contributed by atoms with Crippen molar-refractivity contribution in [2.45, 2.75) is 58.7 Å². The molecule has 18 heavy (non-hydrogen) atoms. The van der Waals surface area contributed by atoms with Crippen molar-refractivity contribution in [1.29, 1.82) is 0 Å². The van der Waals surface area contributed by atoms with Crippen LogP contribution in [0.1, 0.15) is 52.3 Å². The molecule has 104 valence electrons. The SMILES string of the molecule is CCC(C)n1ccc(CN(C)C(C)(CC)CN)n1. The molecule has 0 aliphatic heterocycles. The molecule has 1 aromatic rings. The lowest BCUT2D eigenvalue weighted by molar-refractivity contribution is 0.129. The Morgan fingerprint density at radius 2 is 2.17 bits per heavy atom. The van der Waals surface area contributed by atoms with E-state index in [0.717, 1.165) is 25.1 Å². The van der Waals surface area contributed by atoms with Gasteiger partial charge in [-0.15, -0.1) is 0 Å². The van der Waals surface area contributed by atoms with Crippen LogP contribution in [0.3, 0.4) is 0 Å². The van der Waals surface area contributed by atoms with E-state index in [4.69, 9.17) is 5.73 Å². The van der Waals surface area contributed by atoms with Crippen molar-refractivity contribution in [3.8, 4) is 0 Å². The van der Waals surface area contributed by atoms with E-state index >= 15 is 0 Å². The Morgan fingerprint density at radius 1 is 1.50 bits per heavy atom. The highest BCUT2D eigenvalue weighted by molar-refractivity contribution is 5.01. The van der Waals surface area contributed by atoms with Gasteiger partial charge in [0.15, 0.2) is 0 Å². The standard InChI is InChI=1S/C14H28N4/c1-6-12(3)18-9-8-13(16-18)10-17(5)14(4,7-2)11-15/h8-9,12H,6-7,10-11,15H2,1-5H3. The van der Waals surface area contributed by atoms with Gasteiger partial charge >= 0.3 is 0 Å². The smallest absolute Gasteiger partial charge is 0.0764 e. The van der Waals surface area contributed by atoms with E-state index in [9.17, 15) is 0 Å². The lowest BCUT2D eigenvalue weighted by Gasteiger charge is -2.36. The molecule has 2 N–H and O–H groups in total. The Balaban J connectivity index is 2.70. The Kier molecular flexibility index (Phi) is 5.35. The highest BCUT2D eigenvalue weighted by Gasteiger charge is 2.25. The molecule has 4 heteroatoms. The second kappa shape index (κ2) is 6.34. The van der Waals surface area contributed by atoms with E-state index in [1.165, 1.54) is 0 Å². The molecular formula is C14H28N4. The maximum atomic E-state index is 5.88. The van der Waals surface area contributed by atoms with Crippen molar-refractivity contribution < 1.29 is 0 Å². The molecule has 0 aliphatic carbocycles. The maximum Gasteiger partial charge on any atom is 0.0764 e. The lowest BCUT2D eigenvalue weighted by atomic mass is 9.97. The van der Waals surface area contributed by atoms with Crippen LogP contribution in [0.2, 0.25) is 0 Å². The zero-order chi connectivity index (χ0) is 13.8. The summed E-state index contributed by atoms with van der Waals surface area (Å²) in [4.78, 5) is 2.30. The molecule has 0 amide bonds. The molecule has 1 rings (SSSR count). The number of nitrogens with zero attached hydrogens (tertiary/aromatic N) is 3. The molecule has 1 heterocycles. The van der Waals surface area contributed by atoms with Crippen LogP contribution < -0.4 is 5.73 Å². The van der Waals surface area contributed by atoms with Crippen molar-refractivity contribution in [2.75, 3.05) is 13.6 Å². The first-order valence-electron chi connectivity index (χ1n) is 6.92. The van der Waals surface area contributed by atoms with Crippen LogP contribution in [0.5, 0.6) is 0 Å². The van der Waals surface area contributed by atoms with Crippen LogP contribution in [0.15, 0.2) is 12.3 Å². The van der Waals surface area contributed by atoms with Gasteiger partial charge in [0, 0.05) is 30.9 Å². The predicted octanol–water partition coefficient (Wildman–Crippen LogP) is 2.41. The zero-order valence-electron chi connectivity index (χ0n) is 12.5. The van der Waals surface area contributed by atoms with E-state index in [1.54, 1.807) is 0 Å². The highest BCUT2D eigenvalue weighted by Crippen LogP contribution is 2.19. The fraction of sp³-hybridized carbons (Fsp3) is 0.786. The molecule has 1 aromatic heterocycles. The number of hydrogen-bond donors (Lipinski definition) is 1. The van der Waals surface area contributed by atoms with Gasteiger partial charge in [-0.1, -0.05) is 13.8 Å². The summed E-state index contributed by atoms with van der Waals surface area (Å²) in [6, 6.07) is 2.58. The van der Waals surface area contributed by atoms with Gasteiger partial charge in [0.05, 0.1) is 5.69 Å². The van der Waals surface area contributed by atoms with Crippen molar-refractivity contribution in [3.05, 3.63) is 18.0 Å². The topological polar surface area (TPSA) is 47.1 Å². The van der Waals surface area contributed by atoms with Gasteiger partial charge in [-0.25, -0.2) is 0 Å². The Morgan fingerprint density at radius 3 is 2.67 bits per heavy atom. The molecule has 4 nitrogen and oxygen atoms in total. The third-order valence-corrected chi connectivity index (χ3v) is 4.23. The van der Waals surface area contributed by atoms with Crippen molar-refractivity contribution in [3.63, 3.8) is 0 Å². The summed E-state index contributed by atoms with van der Waals surface area (Å²) in [6.45, 7) is 10.3. The fourth-order valence-electron chi connectivity index (χ4n) is 1.90. The molecule has 0 saturated carbocycles. The number of aromatic nitrogens is 2. The van der Waals surface area contributed by atoms with E-state index in [2.05, 4.69) is 61.7 Å². The van der Waals surface area contributed by atoms with Crippen molar-refractivity contribution in [2.24, 2.45) is 5.73 Å². The summed E-state index contributed by atoms with van der Waals surface area (Å²) in [7, 11) is 2.12. The summed E-state index contributed by atoms with van der Waals surface area (Å²) in [5.41, 5.74) is 7.05. The zero-order valence-corrected chi connectivity index (χ0v) is 12.5. The minimum atomic E-state index is 0.0557. The van der Waals surface area contributed by atoms with Gasteiger partial charge in [-0.05, 0) is 39.8 Å². The minimum absolute atomic E-state index is 0.0557. The van der Waals surface area contributed by atoms with Gasteiger partial charge in [0.2, 0.25) is 0 Å². The summed E-state index contributed by atoms with van der Waals surface area (Å²) in [5.74, 6) is 0. The molecule has 2 atom stereocenters. The molecule has 2 unspecified atom stereocenters. The largest absolute Gasteiger partial charge is 0.329 e. The summed E-state index contributed by atoms with van der Waals surface area (Å²) < 4.78 is 2.05. The monoisotopic (exact) mass is 252 g/mol. The van der Waals surface area contributed by atoms with Crippen molar-refractivity contribution in [1.82, 2.24) is 14.7 Å². The number of likely N-dealkylation sites (N-methyl/N-ethyl adjacent to an activating group) is 1. The second-order valence-corrected chi connectivity index (χ2v) is 5.46. The molecular weight excluding hydrogens is 224 g/mol. The quantitative estimate of drug-likeness (QED) is 0.810. The molecule has 0 spiro atoms. The van der Waals surface area contributed by atoms with Crippen LogP contribution >= 0.6 is 0 Å². The summed E-state index contributed by atoms with van der Waals surface area (Å²) >= 11 is 0. The van der Waals surface area contributed by atoms with Gasteiger partial charge in [-0.3, -0.25) is 9.58 Å². The van der Waals surface area contributed by atoms with Crippen LogP contribution in [0.4, 0.5) is 0 Å². The second-order valence-electron chi connectivity index (χ2n) is 5.46. The van der Waals surface area contributed by atoms with Crippen LogP contribution in [0.25, 0.3) is 0 Å². The first-order chi connectivity index (χ1) is 8.46. The first kappa shape index (κ1) is 15.2. The van der Waals surface area contributed by atoms with Gasteiger partial charge in [0.1, 0.15) is 0 Å². The molecule has 0 saturated heterocycles. The number of rotatable bonds is 7. The fourth-order valence-corrected chi connectivity index (χ4v) is 1.90.